The van der Waals surface area contributed by atoms with Crippen molar-refractivity contribution in [1.29, 1.82) is 0 Å². The molecule has 0 heterocycles. The number of nitrogens with zero attached hydrogens (tertiary/aromatic N) is 1. The van der Waals surface area contributed by atoms with Gasteiger partial charge in [-0.15, -0.1) is 0 Å². The Morgan fingerprint density at radius 2 is 1.72 bits per heavy atom. The molecule has 1 aromatic rings. The Hall–Kier alpha value is -1.61. The van der Waals surface area contributed by atoms with Crippen LogP contribution < -0.4 is 5.32 Å². The van der Waals surface area contributed by atoms with Gasteiger partial charge in [-0.2, -0.15) is 17.5 Å². The fraction of sp³-hybridized carbons (Fsp3) is 0.562. The maximum Gasteiger partial charge on any atom is 0.416 e. The molecular weight excluding hydrogens is 357 g/mol. The molecule has 0 bridgehead atoms. The highest BCUT2D eigenvalue weighted by Crippen LogP contribution is 2.30. The molecule has 1 aliphatic rings. The van der Waals surface area contributed by atoms with E-state index in [9.17, 15) is 26.4 Å². The van der Waals surface area contributed by atoms with E-state index in [1.165, 1.54) is 4.31 Å². The summed E-state index contributed by atoms with van der Waals surface area (Å²) < 4.78 is 62.8. The standard InChI is InChI=1S/C16H21F3N2O3S/c1-25(23,24)21(14-5-3-2-4-6-14)11-15(22)20-13-9-7-12(8-10-13)16(17,18)19/h7-10,14H,2-6,11H2,1H3,(H,20,22). The van der Waals surface area contributed by atoms with Crippen LogP contribution in [0.25, 0.3) is 0 Å². The summed E-state index contributed by atoms with van der Waals surface area (Å²) in [5, 5.41) is 2.45. The van der Waals surface area contributed by atoms with Crippen LogP contribution in [0, 0.1) is 0 Å². The number of hydrogen-bond donors (Lipinski definition) is 1. The average molecular weight is 378 g/mol. The second kappa shape index (κ2) is 7.74. The molecular formula is C16H21F3N2O3S. The predicted octanol–water partition coefficient (Wildman–Crippen LogP) is 3.24. The second-order valence-corrected chi connectivity index (χ2v) is 8.16. The van der Waals surface area contributed by atoms with E-state index in [4.69, 9.17) is 0 Å². The Labute approximate surface area is 145 Å². The SMILES string of the molecule is CS(=O)(=O)N(CC(=O)Nc1ccc(C(F)(F)F)cc1)C1CCCCC1. The van der Waals surface area contributed by atoms with Crippen LogP contribution in [-0.2, 0) is 21.0 Å². The maximum absolute atomic E-state index is 12.5. The molecule has 0 saturated heterocycles. The highest BCUT2D eigenvalue weighted by Gasteiger charge is 2.31. The molecule has 1 saturated carbocycles. The summed E-state index contributed by atoms with van der Waals surface area (Å²) in [6.45, 7) is -0.343. The van der Waals surface area contributed by atoms with Gasteiger partial charge in [0.25, 0.3) is 0 Å². The highest BCUT2D eigenvalue weighted by molar-refractivity contribution is 7.88. The molecule has 0 unspecified atom stereocenters. The Morgan fingerprint density at radius 1 is 1.16 bits per heavy atom. The minimum absolute atomic E-state index is 0.190. The van der Waals surface area contributed by atoms with Gasteiger partial charge in [-0.1, -0.05) is 19.3 Å². The summed E-state index contributed by atoms with van der Waals surface area (Å²) in [4.78, 5) is 12.2. The fourth-order valence-corrected chi connectivity index (χ4v) is 4.07. The Bertz CT molecular complexity index is 696. The first-order valence-corrected chi connectivity index (χ1v) is 9.86. The summed E-state index contributed by atoms with van der Waals surface area (Å²) in [6, 6.07) is 3.82. The summed E-state index contributed by atoms with van der Waals surface area (Å²) >= 11 is 0. The normalized spacial score (nSPS) is 16.8. The zero-order chi connectivity index (χ0) is 18.7. The van der Waals surface area contributed by atoms with E-state index in [-0.39, 0.29) is 18.3 Å². The first-order chi connectivity index (χ1) is 11.6. The molecule has 0 radical (unpaired) electrons. The van der Waals surface area contributed by atoms with Crippen LogP contribution in [0.5, 0.6) is 0 Å². The van der Waals surface area contributed by atoms with Crippen molar-refractivity contribution in [3.8, 4) is 0 Å². The van der Waals surface area contributed by atoms with Crippen molar-refractivity contribution in [2.45, 2.75) is 44.3 Å². The van der Waals surface area contributed by atoms with Crippen molar-refractivity contribution in [3.05, 3.63) is 29.8 Å². The monoisotopic (exact) mass is 378 g/mol. The Kier molecular flexibility index (Phi) is 6.10. The van der Waals surface area contributed by atoms with Gasteiger partial charge >= 0.3 is 6.18 Å². The molecule has 2 rings (SSSR count). The third kappa shape index (κ3) is 5.71. The van der Waals surface area contributed by atoms with Crippen molar-refractivity contribution < 1.29 is 26.4 Å². The number of hydrogen-bond acceptors (Lipinski definition) is 3. The minimum atomic E-state index is -4.45. The van der Waals surface area contributed by atoms with E-state index in [0.29, 0.717) is 12.8 Å². The highest BCUT2D eigenvalue weighted by atomic mass is 32.2. The molecule has 1 aromatic carbocycles. The molecule has 1 N–H and O–H groups in total. The van der Waals surface area contributed by atoms with Crippen molar-refractivity contribution in [1.82, 2.24) is 4.31 Å². The number of alkyl halides is 3. The lowest BCUT2D eigenvalue weighted by Gasteiger charge is -2.31. The van der Waals surface area contributed by atoms with Gasteiger partial charge in [0.1, 0.15) is 0 Å². The van der Waals surface area contributed by atoms with Crippen molar-refractivity contribution in [2.24, 2.45) is 0 Å². The second-order valence-electron chi connectivity index (χ2n) is 6.22. The maximum atomic E-state index is 12.5. The molecule has 0 atom stereocenters. The van der Waals surface area contributed by atoms with E-state index in [0.717, 1.165) is 49.8 Å². The van der Waals surface area contributed by atoms with Gasteiger partial charge in [-0.05, 0) is 37.1 Å². The van der Waals surface area contributed by atoms with Crippen molar-refractivity contribution in [3.63, 3.8) is 0 Å². The molecule has 1 fully saturated rings. The zero-order valence-electron chi connectivity index (χ0n) is 13.8. The van der Waals surface area contributed by atoms with Crippen LogP contribution in [0.4, 0.5) is 18.9 Å². The summed E-state index contributed by atoms with van der Waals surface area (Å²) in [7, 11) is -3.55. The smallest absolute Gasteiger partial charge is 0.325 e. The lowest BCUT2D eigenvalue weighted by atomic mass is 9.95. The fourth-order valence-electron chi connectivity index (χ4n) is 2.97. The number of benzene rings is 1. The Balaban J connectivity index is 2.03. The van der Waals surface area contributed by atoms with Crippen LogP contribution in [0.1, 0.15) is 37.7 Å². The van der Waals surface area contributed by atoms with Gasteiger partial charge in [0.05, 0.1) is 18.4 Å². The lowest BCUT2D eigenvalue weighted by molar-refractivity contribution is -0.137. The van der Waals surface area contributed by atoms with Gasteiger partial charge in [-0.25, -0.2) is 8.42 Å². The number of halogens is 3. The molecule has 1 aliphatic carbocycles. The van der Waals surface area contributed by atoms with Crippen molar-refractivity contribution >= 4 is 21.6 Å². The Morgan fingerprint density at radius 3 is 2.20 bits per heavy atom. The number of amides is 1. The largest absolute Gasteiger partial charge is 0.416 e. The van der Waals surface area contributed by atoms with Crippen LogP contribution in [0.3, 0.4) is 0 Å². The van der Waals surface area contributed by atoms with E-state index < -0.39 is 27.7 Å². The topological polar surface area (TPSA) is 66.5 Å². The summed E-state index contributed by atoms with van der Waals surface area (Å²) in [5.41, 5.74) is -0.624. The number of carbonyl (C=O) groups excluding carboxylic acids is 1. The molecule has 9 heteroatoms. The quantitative estimate of drug-likeness (QED) is 0.855. The van der Waals surface area contributed by atoms with Gasteiger partial charge in [0.15, 0.2) is 0 Å². The number of carbonyl (C=O) groups is 1. The predicted molar refractivity (Wildman–Crippen MR) is 88.5 cm³/mol. The zero-order valence-corrected chi connectivity index (χ0v) is 14.7. The first kappa shape index (κ1) is 19.7. The van der Waals surface area contributed by atoms with E-state index in [1.807, 2.05) is 0 Å². The molecule has 0 spiro atoms. The summed E-state index contributed by atoms with van der Waals surface area (Å²) in [6.07, 6.45) is 0.908. The number of rotatable bonds is 5. The van der Waals surface area contributed by atoms with Gasteiger partial charge in [0.2, 0.25) is 15.9 Å². The number of sulfonamides is 1. The molecule has 140 valence electrons. The molecule has 0 aliphatic heterocycles. The molecule has 25 heavy (non-hydrogen) atoms. The minimum Gasteiger partial charge on any atom is -0.325 e. The van der Waals surface area contributed by atoms with Gasteiger partial charge < -0.3 is 5.32 Å². The third-order valence-electron chi connectivity index (χ3n) is 4.20. The van der Waals surface area contributed by atoms with E-state index in [1.54, 1.807) is 0 Å². The first-order valence-electron chi connectivity index (χ1n) is 8.01. The molecule has 1 amide bonds. The number of nitrogens with one attached hydrogen (secondary N) is 1. The van der Waals surface area contributed by atoms with Crippen LogP contribution >= 0.6 is 0 Å². The summed E-state index contributed by atoms with van der Waals surface area (Å²) in [5.74, 6) is -0.573. The van der Waals surface area contributed by atoms with Crippen LogP contribution in [0.15, 0.2) is 24.3 Å². The molecule has 5 nitrogen and oxygen atoms in total. The van der Waals surface area contributed by atoms with Crippen LogP contribution in [0.2, 0.25) is 0 Å². The van der Waals surface area contributed by atoms with Gasteiger partial charge in [-0.3, -0.25) is 4.79 Å². The average Bonchev–Trinajstić information content (AvgIpc) is 2.52. The number of anilines is 1. The molecule has 0 aromatic heterocycles. The lowest BCUT2D eigenvalue weighted by Crippen LogP contribution is -2.45. The van der Waals surface area contributed by atoms with E-state index in [2.05, 4.69) is 5.32 Å². The third-order valence-corrected chi connectivity index (χ3v) is 5.48. The van der Waals surface area contributed by atoms with Gasteiger partial charge in [0, 0.05) is 11.7 Å². The van der Waals surface area contributed by atoms with E-state index >= 15 is 0 Å². The van der Waals surface area contributed by atoms with Crippen LogP contribution in [-0.4, -0.2) is 37.5 Å². The van der Waals surface area contributed by atoms with Crippen molar-refractivity contribution in [2.75, 3.05) is 18.1 Å².